The van der Waals surface area contributed by atoms with Gasteiger partial charge in [0.25, 0.3) is 0 Å². The fraction of sp³-hybridized carbons (Fsp3) is 0.214. The maximum absolute atomic E-state index is 9.94. The van der Waals surface area contributed by atoms with E-state index in [1.807, 2.05) is 42.5 Å². The summed E-state index contributed by atoms with van der Waals surface area (Å²) in [5.74, 6) is 0.636. The van der Waals surface area contributed by atoms with Gasteiger partial charge in [-0.15, -0.1) is 11.8 Å². The van der Waals surface area contributed by atoms with Crippen LogP contribution in [0.15, 0.2) is 53.6 Å². The zero-order valence-corrected chi connectivity index (χ0v) is 11.4. The van der Waals surface area contributed by atoms with Crippen molar-refractivity contribution in [1.82, 2.24) is 4.98 Å². The van der Waals surface area contributed by atoms with Crippen molar-refractivity contribution in [1.29, 1.82) is 0 Å². The topological polar surface area (TPSA) is 33.1 Å². The van der Waals surface area contributed by atoms with Gasteiger partial charge >= 0.3 is 0 Å². The van der Waals surface area contributed by atoms with Gasteiger partial charge in [0, 0.05) is 34.0 Å². The number of nitrogens with zero attached hydrogens (tertiary/aromatic N) is 1. The standard InChI is InChI=1S/C14H14ClNOS/c15-11-4-3-6-14(8-11)18-10-13(17)9-12-5-1-2-7-16-12/h1-8,13,17H,9-10H2. The van der Waals surface area contributed by atoms with Gasteiger partial charge in [-0.25, -0.2) is 0 Å². The van der Waals surface area contributed by atoms with Gasteiger partial charge in [0.15, 0.2) is 0 Å². The van der Waals surface area contributed by atoms with Crippen LogP contribution in [0.25, 0.3) is 0 Å². The fourth-order valence-corrected chi connectivity index (χ4v) is 2.71. The van der Waals surface area contributed by atoms with E-state index in [0.717, 1.165) is 15.6 Å². The molecule has 0 amide bonds. The smallest absolute Gasteiger partial charge is 0.0689 e. The highest BCUT2D eigenvalue weighted by atomic mass is 35.5. The van der Waals surface area contributed by atoms with Gasteiger partial charge in [-0.1, -0.05) is 23.7 Å². The SMILES string of the molecule is OC(CSc1cccc(Cl)c1)Cc1ccccn1. The normalized spacial score (nSPS) is 12.3. The first kappa shape index (κ1) is 13.4. The summed E-state index contributed by atoms with van der Waals surface area (Å²) in [4.78, 5) is 5.27. The summed E-state index contributed by atoms with van der Waals surface area (Å²) in [5.41, 5.74) is 0.914. The Morgan fingerprint density at radius 3 is 2.83 bits per heavy atom. The van der Waals surface area contributed by atoms with Crippen molar-refractivity contribution in [3.63, 3.8) is 0 Å². The monoisotopic (exact) mass is 279 g/mol. The first-order valence-corrected chi connectivity index (χ1v) is 7.07. The molecule has 1 unspecified atom stereocenters. The molecule has 2 aromatic rings. The number of aromatic nitrogens is 1. The Morgan fingerprint density at radius 2 is 2.11 bits per heavy atom. The average molecular weight is 280 g/mol. The molecular formula is C14H14ClNOS. The molecule has 0 aliphatic rings. The summed E-state index contributed by atoms with van der Waals surface area (Å²) < 4.78 is 0. The summed E-state index contributed by atoms with van der Waals surface area (Å²) in [7, 11) is 0. The lowest BCUT2D eigenvalue weighted by molar-refractivity contribution is 0.199. The number of aliphatic hydroxyl groups is 1. The van der Waals surface area contributed by atoms with Crippen LogP contribution in [-0.2, 0) is 6.42 Å². The Balaban J connectivity index is 1.83. The number of hydrogen-bond donors (Lipinski definition) is 1. The second kappa shape index (κ2) is 6.78. The molecule has 0 radical (unpaired) electrons. The van der Waals surface area contributed by atoms with Crippen LogP contribution in [0.1, 0.15) is 5.69 Å². The maximum atomic E-state index is 9.94. The molecule has 1 heterocycles. The van der Waals surface area contributed by atoms with E-state index in [1.54, 1.807) is 18.0 Å². The molecule has 2 nitrogen and oxygen atoms in total. The predicted octanol–water partition coefficient (Wildman–Crippen LogP) is 3.43. The van der Waals surface area contributed by atoms with E-state index >= 15 is 0 Å². The predicted molar refractivity (Wildman–Crippen MR) is 76.1 cm³/mol. The Morgan fingerprint density at radius 1 is 1.22 bits per heavy atom. The fourth-order valence-electron chi connectivity index (χ4n) is 1.57. The Labute approximate surface area is 116 Å². The molecule has 0 aliphatic heterocycles. The third-order valence-electron chi connectivity index (χ3n) is 2.41. The van der Waals surface area contributed by atoms with Crippen LogP contribution in [0.3, 0.4) is 0 Å². The van der Waals surface area contributed by atoms with Crippen molar-refractivity contribution in [2.24, 2.45) is 0 Å². The Kier molecular flexibility index (Phi) is 5.05. The molecule has 0 bridgehead atoms. The van der Waals surface area contributed by atoms with E-state index in [-0.39, 0.29) is 0 Å². The molecular weight excluding hydrogens is 266 g/mol. The van der Waals surface area contributed by atoms with Crippen LogP contribution < -0.4 is 0 Å². The number of thioether (sulfide) groups is 1. The minimum Gasteiger partial charge on any atom is -0.392 e. The average Bonchev–Trinajstić information content (AvgIpc) is 2.38. The van der Waals surface area contributed by atoms with Gasteiger partial charge in [0.05, 0.1) is 6.10 Å². The van der Waals surface area contributed by atoms with Crippen LogP contribution in [0.5, 0.6) is 0 Å². The van der Waals surface area contributed by atoms with Crippen LogP contribution in [0.4, 0.5) is 0 Å². The van der Waals surface area contributed by atoms with Crippen molar-refractivity contribution >= 4 is 23.4 Å². The van der Waals surface area contributed by atoms with Crippen molar-refractivity contribution < 1.29 is 5.11 Å². The second-order valence-corrected chi connectivity index (χ2v) is 5.48. The van der Waals surface area contributed by atoms with E-state index in [2.05, 4.69) is 4.98 Å². The lowest BCUT2D eigenvalue weighted by atomic mass is 10.2. The van der Waals surface area contributed by atoms with E-state index in [9.17, 15) is 5.11 Å². The van der Waals surface area contributed by atoms with Gasteiger partial charge in [0.2, 0.25) is 0 Å². The summed E-state index contributed by atoms with van der Waals surface area (Å²) in [6, 6.07) is 13.4. The lowest BCUT2D eigenvalue weighted by Crippen LogP contribution is -2.14. The van der Waals surface area contributed by atoms with Crippen LogP contribution in [0, 0.1) is 0 Å². The van der Waals surface area contributed by atoms with Crippen molar-refractivity contribution in [2.45, 2.75) is 17.4 Å². The molecule has 94 valence electrons. The van der Waals surface area contributed by atoms with Gasteiger partial charge in [-0.2, -0.15) is 0 Å². The zero-order valence-electron chi connectivity index (χ0n) is 9.79. The van der Waals surface area contributed by atoms with E-state index in [4.69, 9.17) is 11.6 Å². The second-order valence-electron chi connectivity index (χ2n) is 3.95. The molecule has 1 aromatic heterocycles. The molecule has 1 aromatic carbocycles. The molecule has 0 aliphatic carbocycles. The molecule has 0 saturated carbocycles. The number of hydrogen-bond acceptors (Lipinski definition) is 3. The third-order valence-corrected chi connectivity index (χ3v) is 3.78. The van der Waals surface area contributed by atoms with E-state index < -0.39 is 6.10 Å². The van der Waals surface area contributed by atoms with Gasteiger partial charge in [0.1, 0.15) is 0 Å². The highest BCUT2D eigenvalue weighted by Crippen LogP contribution is 2.22. The summed E-state index contributed by atoms with van der Waals surface area (Å²) >= 11 is 7.50. The zero-order chi connectivity index (χ0) is 12.8. The molecule has 2 rings (SSSR count). The number of benzene rings is 1. The largest absolute Gasteiger partial charge is 0.392 e. The summed E-state index contributed by atoms with van der Waals surface area (Å²) in [5, 5.41) is 10.7. The quantitative estimate of drug-likeness (QED) is 0.851. The summed E-state index contributed by atoms with van der Waals surface area (Å²) in [6.07, 6.45) is 1.92. The third kappa shape index (κ3) is 4.33. The van der Waals surface area contributed by atoms with Crippen molar-refractivity contribution in [2.75, 3.05) is 5.75 Å². The van der Waals surface area contributed by atoms with E-state index in [0.29, 0.717) is 12.2 Å². The van der Waals surface area contributed by atoms with Crippen LogP contribution in [0.2, 0.25) is 5.02 Å². The molecule has 18 heavy (non-hydrogen) atoms. The van der Waals surface area contributed by atoms with Gasteiger partial charge in [-0.3, -0.25) is 4.98 Å². The van der Waals surface area contributed by atoms with Crippen molar-refractivity contribution in [3.8, 4) is 0 Å². The number of halogens is 1. The molecule has 0 fully saturated rings. The molecule has 4 heteroatoms. The minimum absolute atomic E-state index is 0.399. The maximum Gasteiger partial charge on any atom is 0.0689 e. The van der Waals surface area contributed by atoms with Crippen LogP contribution >= 0.6 is 23.4 Å². The van der Waals surface area contributed by atoms with Gasteiger partial charge < -0.3 is 5.11 Å². The summed E-state index contributed by atoms with van der Waals surface area (Å²) in [6.45, 7) is 0. The molecule has 1 atom stereocenters. The van der Waals surface area contributed by atoms with Crippen LogP contribution in [-0.4, -0.2) is 21.9 Å². The lowest BCUT2D eigenvalue weighted by Gasteiger charge is -2.09. The number of pyridine rings is 1. The highest BCUT2D eigenvalue weighted by molar-refractivity contribution is 7.99. The van der Waals surface area contributed by atoms with Crippen molar-refractivity contribution in [3.05, 3.63) is 59.4 Å². The van der Waals surface area contributed by atoms with Gasteiger partial charge in [-0.05, 0) is 30.3 Å². The van der Waals surface area contributed by atoms with E-state index in [1.165, 1.54) is 0 Å². The number of rotatable bonds is 5. The minimum atomic E-state index is -0.399. The first-order chi connectivity index (χ1) is 8.74. The number of aliphatic hydroxyl groups excluding tert-OH is 1. The molecule has 0 spiro atoms. The molecule has 1 N–H and O–H groups in total. The first-order valence-electron chi connectivity index (χ1n) is 5.70. The Bertz CT molecular complexity index is 492. The molecule has 0 saturated heterocycles. The highest BCUT2D eigenvalue weighted by Gasteiger charge is 2.07. The Hall–Kier alpha value is -1.03.